The van der Waals surface area contributed by atoms with Gasteiger partial charge in [-0.2, -0.15) is 0 Å². The highest BCUT2D eigenvalue weighted by Crippen LogP contribution is 2.24. The fraction of sp³-hybridized carbons (Fsp3) is 0.684. The number of nitrogens with zero attached hydrogens (tertiary/aromatic N) is 2. The summed E-state index contributed by atoms with van der Waals surface area (Å²) in [5, 5.41) is 10.6. The van der Waals surface area contributed by atoms with Crippen molar-refractivity contribution >= 4 is 20.2 Å². The summed E-state index contributed by atoms with van der Waals surface area (Å²) in [6, 6.07) is 3.93. The van der Waals surface area contributed by atoms with Crippen LogP contribution < -0.4 is 10.2 Å². The minimum Gasteiger partial charge on any atom is -0.395 e. The predicted octanol–water partition coefficient (Wildman–Crippen LogP) is 1.94. The zero-order valence-corrected chi connectivity index (χ0v) is 16.2. The molecule has 2 aliphatic heterocycles. The second-order valence-electron chi connectivity index (χ2n) is 7.21. The summed E-state index contributed by atoms with van der Waals surface area (Å²) in [6.45, 7) is 3.74. The van der Waals surface area contributed by atoms with E-state index in [1.807, 2.05) is 0 Å². The summed E-state index contributed by atoms with van der Waals surface area (Å²) in [5.41, 5.74) is 1.76. The lowest BCUT2D eigenvalue weighted by molar-refractivity contribution is -0.00877. The summed E-state index contributed by atoms with van der Waals surface area (Å²) in [4.78, 5) is 4.51. The molecule has 4 nitrogen and oxygen atoms in total. The average Bonchev–Trinajstić information content (AvgIpc) is 3.15. The fourth-order valence-corrected chi connectivity index (χ4v) is 4.51. The Hall–Kier alpha value is -0.740. The Balaban J connectivity index is 1.67. The van der Waals surface area contributed by atoms with Gasteiger partial charge in [0, 0.05) is 45.0 Å². The highest BCUT2D eigenvalue weighted by Gasteiger charge is 2.28. The van der Waals surface area contributed by atoms with Crippen molar-refractivity contribution < 1.29 is 14.2 Å². The van der Waals surface area contributed by atoms with Crippen LogP contribution in [0.25, 0.3) is 0 Å². The number of piperidine rings is 1. The number of hydrogen-bond donors (Lipinski definition) is 1. The second-order valence-corrected chi connectivity index (χ2v) is 7.83. The molecular formula is C19H30FN2O2P. The van der Waals surface area contributed by atoms with E-state index in [4.69, 9.17) is 4.74 Å². The van der Waals surface area contributed by atoms with Gasteiger partial charge in [-0.05, 0) is 55.1 Å². The van der Waals surface area contributed by atoms with Gasteiger partial charge in [0.05, 0.1) is 12.7 Å². The van der Waals surface area contributed by atoms with Crippen molar-refractivity contribution in [2.24, 2.45) is 0 Å². The van der Waals surface area contributed by atoms with Crippen LogP contribution >= 0.6 is 9.24 Å². The number of benzene rings is 1. The van der Waals surface area contributed by atoms with Crippen molar-refractivity contribution in [1.29, 1.82) is 0 Å². The number of aliphatic hydroxyl groups excluding tert-OH is 1. The number of aliphatic hydroxyl groups is 1. The predicted molar refractivity (Wildman–Crippen MR) is 103 cm³/mol. The molecule has 0 saturated carbocycles. The maximum atomic E-state index is 14.7. The van der Waals surface area contributed by atoms with Gasteiger partial charge in [0.15, 0.2) is 0 Å². The minimum absolute atomic E-state index is 0.116. The van der Waals surface area contributed by atoms with Crippen LogP contribution in [0, 0.1) is 5.82 Å². The van der Waals surface area contributed by atoms with Gasteiger partial charge in [-0.15, -0.1) is 9.24 Å². The summed E-state index contributed by atoms with van der Waals surface area (Å²) >= 11 is 0. The molecule has 0 aromatic heterocycles. The van der Waals surface area contributed by atoms with Crippen molar-refractivity contribution in [3.63, 3.8) is 0 Å². The van der Waals surface area contributed by atoms with Gasteiger partial charge in [-0.25, -0.2) is 4.39 Å². The maximum absolute atomic E-state index is 14.7. The molecule has 1 aromatic carbocycles. The normalized spacial score (nSPS) is 24.9. The molecule has 1 N–H and O–H groups in total. The Kier molecular flexibility index (Phi) is 6.67. The lowest BCUT2D eigenvalue weighted by Gasteiger charge is -2.38. The van der Waals surface area contributed by atoms with Crippen LogP contribution in [0.3, 0.4) is 0 Å². The van der Waals surface area contributed by atoms with Gasteiger partial charge >= 0.3 is 0 Å². The molecule has 2 saturated heterocycles. The largest absolute Gasteiger partial charge is 0.395 e. The topological polar surface area (TPSA) is 35.9 Å². The van der Waals surface area contributed by atoms with Gasteiger partial charge in [0.25, 0.3) is 0 Å². The molecule has 0 radical (unpaired) electrons. The van der Waals surface area contributed by atoms with E-state index in [9.17, 15) is 9.50 Å². The number of halogens is 1. The Bertz CT molecular complexity index is 558. The Morgan fingerprint density at radius 1 is 1.28 bits per heavy atom. The number of hydrogen-bond acceptors (Lipinski definition) is 4. The van der Waals surface area contributed by atoms with E-state index in [2.05, 4.69) is 25.1 Å². The van der Waals surface area contributed by atoms with Crippen LogP contribution in [-0.2, 0) is 11.2 Å². The molecule has 2 fully saturated rings. The molecule has 3 rings (SSSR count). The van der Waals surface area contributed by atoms with E-state index in [0.29, 0.717) is 6.42 Å². The van der Waals surface area contributed by atoms with Gasteiger partial charge in [0.1, 0.15) is 5.82 Å². The first-order valence-electron chi connectivity index (χ1n) is 9.33. The molecule has 0 aliphatic carbocycles. The zero-order valence-electron chi connectivity index (χ0n) is 15.1. The van der Waals surface area contributed by atoms with Crippen LogP contribution in [0.5, 0.6) is 0 Å². The van der Waals surface area contributed by atoms with Crippen LogP contribution in [0.2, 0.25) is 0 Å². The molecule has 25 heavy (non-hydrogen) atoms. The lowest BCUT2D eigenvalue weighted by atomic mass is 9.99. The van der Waals surface area contributed by atoms with E-state index < -0.39 is 0 Å². The van der Waals surface area contributed by atoms with E-state index in [1.54, 1.807) is 13.2 Å². The van der Waals surface area contributed by atoms with E-state index in [0.717, 1.165) is 55.6 Å². The third-order valence-electron chi connectivity index (χ3n) is 5.66. The number of anilines is 1. The molecule has 1 unspecified atom stereocenters. The summed E-state index contributed by atoms with van der Waals surface area (Å²) in [5.74, 6) is -0.116. The summed E-state index contributed by atoms with van der Waals surface area (Å²) in [6.07, 6.45) is 5.14. The lowest BCUT2D eigenvalue weighted by Crippen LogP contribution is -2.48. The molecular weight excluding hydrogens is 338 g/mol. The highest BCUT2D eigenvalue weighted by molar-refractivity contribution is 7.27. The van der Waals surface area contributed by atoms with E-state index in [-0.39, 0.29) is 24.6 Å². The monoisotopic (exact) mass is 368 g/mol. The van der Waals surface area contributed by atoms with Gasteiger partial charge < -0.3 is 14.7 Å². The highest BCUT2D eigenvalue weighted by atomic mass is 31.0. The first-order valence-corrected chi connectivity index (χ1v) is 9.90. The van der Waals surface area contributed by atoms with Crippen molar-refractivity contribution in [3.8, 4) is 0 Å². The second kappa shape index (κ2) is 8.77. The van der Waals surface area contributed by atoms with Gasteiger partial charge in [0.2, 0.25) is 0 Å². The van der Waals surface area contributed by atoms with Gasteiger partial charge in [-0.1, -0.05) is 0 Å². The number of methoxy groups -OCH3 is 1. The van der Waals surface area contributed by atoms with Crippen molar-refractivity contribution in [2.45, 2.75) is 44.2 Å². The molecule has 3 atom stereocenters. The van der Waals surface area contributed by atoms with Gasteiger partial charge in [-0.3, -0.25) is 4.90 Å². The van der Waals surface area contributed by atoms with E-state index in [1.165, 1.54) is 12.8 Å². The Morgan fingerprint density at radius 2 is 2.04 bits per heavy atom. The molecule has 6 heteroatoms. The van der Waals surface area contributed by atoms with Crippen LogP contribution in [-0.4, -0.2) is 62.0 Å². The van der Waals surface area contributed by atoms with E-state index >= 15 is 0 Å². The smallest absolute Gasteiger partial charge is 0.129 e. The molecule has 1 aromatic rings. The number of likely N-dealkylation sites (tertiary alicyclic amines) is 1. The molecule has 0 spiro atoms. The third-order valence-corrected chi connectivity index (χ3v) is 6.17. The number of ether oxygens (including phenoxy) is 1. The minimum atomic E-state index is -0.116. The average molecular weight is 368 g/mol. The van der Waals surface area contributed by atoms with Crippen molar-refractivity contribution in [1.82, 2.24) is 4.90 Å². The summed E-state index contributed by atoms with van der Waals surface area (Å²) in [7, 11) is 4.44. The first-order chi connectivity index (χ1) is 12.1. The fourth-order valence-electron chi connectivity index (χ4n) is 4.06. The Morgan fingerprint density at radius 3 is 2.68 bits per heavy atom. The Labute approximate surface area is 152 Å². The SMILES string of the molecule is CO[C@@H]1CC[C@H](CO)N(CCc2c(F)cc(N3CCCC3)cc2P)C1. The molecule has 2 aliphatic rings. The molecule has 140 valence electrons. The molecule has 2 heterocycles. The van der Waals surface area contributed by atoms with Crippen molar-refractivity contribution in [3.05, 3.63) is 23.5 Å². The van der Waals surface area contributed by atoms with Crippen LogP contribution in [0.4, 0.5) is 10.1 Å². The number of rotatable bonds is 6. The summed E-state index contributed by atoms with van der Waals surface area (Å²) < 4.78 is 20.2. The maximum Gasteiger partial charge on any atom is 0.129 e. The van der Waals surface area contributed by atoms with Crippen molar-refractivity contribution in [2.75, 3.05) is 44.8 Å². The molecule has 0 bridgehead atoms. The standard InChI is InChI=1S/C19H30FN2O2P/c1-24-16-5-4-14(13-23)22(12-16)9-6-17-18(20)10-15(11-19(17)25)21-7-2-3-8-21/h10-11,14,16,23H,2-9,12-13,25H2,1H3/t14-,16-/m1/s1. The van der Waals surface area contributed by atoms with Crippen LogP contribution in [0.15, 0.2) is 12.1 Å². The molecule has 0 amide bonds. The van der Waals surface area contributed by atoms with Crippen LogP contribution in [0.1, 0.15) is 31.2 Å². The third kappa shape index (κ3) is 4.51. The quantitative estimate of drug-likeness (QED) is 0.779. The zero-order chi connectivity index (χ0) is 17.8. The first kappa shape index (κ1) is 19.0.